The molecule has 3 amide bonds. The van der Waals surface area contributed by atoms with E-state index in [4.69, 9.17) is 9.62 Å². The van der Waals surface area contributed by atoms with Crippen molar-refractivity contribution in [2.24, 2.45) is 17.0 Å². The van der Waals surface area contributed by atoms with Crippen molar-refractivity contribution >= 4 is 39.5 Å². The van der Waals surface area contributed by atoms with Gasteiger partial charge < -0.3 is 29.8 Å². The van der Waals surface area contributed by atoms with E-state index in [0.29, 0.717) is 19.6 Å². The zero-order valence-electron chi connectivity index (χ0n) is 27.3. The Morgan fingerprint density at radius 2 is 1.87 bits per heavy atom. The monoisotopic (exact) mass is 688 g/mol. The fourth-order valence-corrected chi connectivity index (χ4v) is 7.79. The minimum Gasteiger partial charge on any atom is -0.442 e. The summed E-state index contributed by atoms with van der Waals surface area (Å²) in [5.74, 6) is -0.739. The van der Waals surface area contributed by atoms with Crippen LogP contribution in [0.1, 0.15) is 49.7 Å². The zero-order valence-corrected chi connectivity index (χ0v) is 28.9. The van der Waals surface area contributed by atoms with Gasteiger partial charge in [0.05, 0.1) is 29.4 Å². The van der Waals surface area contributed by atoms with Crippen molar-refractivity contribution in [1.82, 2.24) is 24.4 Å². The molecule has 1 aliphatic heterocycles. The minimum atomic E-state index is -4.22. The molecule has 3 heterocycles. The molecule has 1 fully saturated rings. The third kappa shape index (κ3) is 9.18. The van der Waals surface area contributed by atoms with Gasteiger partial charge in [-0.3, -0.25) is 4.79 Å². The van der Waals surface area contributed by atoms with Crippen LogP contribution in [-0.2, 0) is 27.8 Å². The number of carbonyl (C=O) groups excluding carboxylic acids is 2. The topological polar surface area (TPSA) is 169 Å². The first-order valence-corrected chi connectivity index (χ1v) is 17.9. The van der Waals surface area contributed by atoms with E-state index in [9.17, 15) is 23.1 Å². The van der Waals surface area contributed by atoms with E-state index in [2.05, 4.69) is 15.5 Å². The molecule has 15 heteroatoms. The summed E-state index contributed by atoms with van der Waals surface area (Å²) in [6, 6.07) is 9.92. The Morgan fingerprint density at radius 1 is 1.15 bits per heavy atom. The number of sulfonamides is 1. The molecule has 3 atom stereocenters. The number of aromatic nitrogens is 1. The molecule has 0 aliphatic carbocycles. The quantitative estimate of drug-likeness (QED) is 0.117. The van der Waals surface area contributed by atoms with Crippen molar-refractivity contribution in [1.29, 1.82) is 0 Å². The van der Waals surface area contributed by atoms with E-state index in [0.717, 1.165) is 26.8 Å². The van der Waals surface area contributed by atoms with Gasteiger partial charge in [0.2, 0.25) is 11.0 Å². The molecule has 0 unspecified atom stereocenters. The molecule has 0 radical (unpaired) electrons. The van der Waals surface area contributed by atoms with Crippen LogP contribution in [0.4, 0.5) is 4.79 Å². The van der Waals surface area contributed by atoms with Crippen LogP contribution in [0.5, 0.6) is 0 Å². The molecule has 256 valence electrons. The number of hydrogen-bond acceptors (Lipinski definition) is 10. The lowest BCUT2D eigenvalue weighted by molar-refractivity contribution is -0.128. The number of aryl methyl sites for hydroxylation is 1. The van der Waals surface area contributed by atoms with Crippen LogP contribution in [0.2, 0.25) is 0 Å². The predicted octanol–water partition coefficient (Wildman–Crippen LogP) is 3.55. The van der Waals surface area contributed by atoms with Crippen molar-refractivity contribution in [2.75, 3.05) is 26.2 Å². The number of oxime groups is 1. The Balaban J connectivity index is 1.57. The molecule has 1 saturated heterocycles. The number of nitrogens with zero attached hydrogens (tertiary/aromatic N) is 5. The molecular weight excluding hydrogens is 645 g/mol. The van der Waals surface area contributed by atoms with Gasteiger partial charge in [-0.15, -0.1) is 11.3 Å². The summed E-state index contributed by atoms with van der Waals surface area (Å²) in [6.07, 6.45) is -0.135. The summed E-state index contributed by atoms with van der Waals surface area (Å²) < 4.78 is 33.9. The first-order valence-electron chi connectivity index (χ1n) is 15.6. The van der Waals surface area contributed by atoms with E-state index >= 15 is 0 Å². The van der Waals surface area contributed by atoms with Crippen LogP contribution in [0, 0.1) is 18.8 Å². The number of nitrogens with one attached hydrogen (secondary N) is 1. The number of hydrogen-bond donors (Lipinski definition) is 3. The molecule has 3 aromatic rings. The zero-order chi connectivity index (χ0) is 34.3. The number of benzene rings is 1. The average molecular weight is 689 g/mol. The Morgan fingerprint density at radius 3 is 2.49 bits per heavy atom. The number of aliphatic hydroxyl groups is 1. The van der Waals surface area contributed by atoms with Crippen LogP contribution in [0.25, 0.3) is 0 Å². The maximum absolute atomic E-state index is 14.0. The minimum absolute atomic E-state index is 0.0433. The summed E-state index contributed by atoms with van der Waals surface area (Å²) in [4.78, 5) is 35.2. The Bertz CT molecular complexity index is 1620. The van der Waals surface area contributed by atoms with Crippen LogP contribution < -0.4 is 5.32 Å². The van der Waals surface area contributed by atoms with Gasteiger partial charge in [-0.25, -0.2) is 18.2 Å². The lowest BCUT2D eigenvalue weighted by Crippen LogP contribution is -2.57. The van der Waals surface area contributed by atoms with Gasteiger partial charge >= 0.3 is 6.03 Å². The summed E-state index contributed by atoms with van der Waals surface area (Å²) >= 11 is 1.52. The smallest absolute Gasteiger partial charge is 0.321 e. The second-order valence-electron chi connectivity index (χ2n) is 12.4. The normalized spacial score (nSPS) is 16.1. The van der Waals surface area contributed by atoms with Crippen molar-refractivity contribution in [3.05, 3.63) is 69.9 Å². The molecule has 1 aliphatic rings. The standard InChI is InChI=1S/C32H44N6O7S2/c1-21(2)17-37(47(43,44)29-12-11-26(45-29)16-33-42)19-28(39)27(15-24-9-7-6-8-10-24)35-31(40)30(22(3)4)38-14-13-36(32(38)41)18-25-20-46-23(5)34-25/h6-12,16,20-22,27-28,30,39,42H,13-15,17-19H2,1-5H3,(H,35,40)/t27-,28+,30-/m0/s1. The molecule has 0 bridgehead atoms. The first-order chi connectivity index (χ1) is 22.3. The Hall–Kier alpha value is -3.79. The predicted molar refractivity (Wildman–Crippen MR) is 178 cm³/mol. The maximum Gasteiger partial charge on any atom is 0.321 e. The van der Waals surface area contributed by atoms with E-state index in [1.807, 2.05) is 70.3 Å². The third-order valence-corrected chi connectivity index (χ3v) is 10.3. The second-order valence-corrected chi connectivity index (χ2v) is 15.4. The van der Waals surface area contributed by atoms with Gasteiger partial charge in [0, 0.05) is 31.6 Å². The Kier molecular flexibility index (Phi) is 12.2. The van der Waals surface area contributed by atoms with Gasteiger partial charge in [-0.1, -0.05) is 63.2 Å². The number of urea groups is 1. The SMILES string of the molecule is Cc1nc(CN2CCN([C@H](C(=O)N[C@@H](Cc3ccccc3)[C@H](O)CN(CC(C)C)S(=O)(=O)c3ccc(C=NO)o3)C(C)C)C2=O)cs1. The molecule has 4 rings (SSSR count). The van der Waals surface area contributed by atoms with Gasteiger partial charge in [-0.05, 0) is 42.9 Å². The number of amides is 3. The molecule has 0 spiro atoms. The summed E-state index contributed by atoms with van der Waals surface area (Å²) in [7, 11) is -4.22. The third-order valence-electron chi connectivity index (χ3n) is 7.81. The van der Waals surface area contributed by atoms with E-state index in [1.54, 1.807) is 9.80 Å². The molecule has 3 N–H and O–H groups in total. The fraction of sp³-hybridized carbons (Fsp3) is 0.500. The van der Waals surface area contributed by atoms with Crippen LogP contribution in [-0.4, -0.2) is 100 Å². The second kappa shape index (κ2) is 15.9. The van der Waals surface area contributed by atoms with Crippen LogP contribution in [0.3, 0.4) is 0 Å². The first kappa shape index (κ1) is 36.1. The van der Waals surface area contributed by atoms with E-state index < -0.39 is 34.1 Å². The Labute approximate surface area is 279 Å². The molecular formula is C32H44N6O7S2. The van der Waals surface area contributed by atoms with Gasteiger partial charge in [-0.2, -0.15) is 4.31 Å². The van der Waals surface area contributed by atoms with E-state index in [-0.39, 0.29) is 48.2 Å². The number of carbonyl (C=O) groups is 2. The molecule has 0 saturated carbocycles. The summed E-state index contributed by atoms with van der Waals surface area (Å²) in [5, 5.41) is 28.8. The highest BCUT2D eigenvalue weighted by Crippen LogP contribution is 2.23. The number of furan rings is 1. The van der Waals surface area contributed by atoms with Gasteiger partial charge in [0.25, 0.3) is 10.0 Å². The highest BCUT2D eigenvalue weighted by molar-refractivity contribution is 7.89. The van der Waals surface area contributed by atoms with E-state index in [1.165, 1.54) is 23.5 Å². The fourth-order valence-electron chi connectivity index (χ4n) is 5.65. The number of aliphatic hydroxyl groups excluding tert-OH is 1. The van der Waals surface area contributed by atoms with Crippen LogP contribution in [0.15, 0.2) is 62.5 Å². The van der Waals surface area contributed by atoms with Gasteiger partial charge in [0.1, 0.15) is 18.0 Å². The molecule has 13 nitrogen and oxygen atoms in total. The highest BCUT2D eigenvalue weighted by Gasteiger charge is 2.41. The molecule has 1 aromatic carbocycles. The summed E-state index contributed by atoms with van der Waals surface area (Å²) in [6.45, 7) is 10.2. The maximum atomic E-state index is 14.0. The molecule has 2 aromatic heterocycles. The largest absolute Gasteiger partial charge is 0.442 e. The lowest BCUT2D eigenvalue weighted by atomic mass is 9.97. The van der Waals surface area contributed by atoms with Crippen molar-refractivity contribution in [3.8, 4) is 0 Å². The number of thiazole rings is 1. The number of rotatable bonds is 16. The van der Waals surface area contributed by atoms with Gasteiger partial charge in [0.15, 0.2) is 0 Å². The van der Waals surface area contributed by atoms with Crippen molar-refractivity contribution in [2.45, 2.75) is 70.9 Å². The summed E-state index contributed by atoms with van der Waals surface area (Å²) in [5.41, 5.74) is 1.63. The lowest BCUT2D eigenvalue weighted by Gasteiger charge is -2.34. The molecule has 47 heavy (non-hydrogen) atoms. The van der Waals surface area contributed by atoms with Crippen LogP contribution >= 0.6 is 11.3 Å². The average Bonchev–Trinajstić information content (AvgIpc) is 3.74. The van der Waals surface area contributed by atoms with Crippen molar-refractivity contribution < 1.29 is 32.7 Å². The highest BCUT2D eigenvalue weighted by atomic mass is 32.2. The van der Waals surface area contributed by atoms with Crippen molar-refractivity contribution in [3.63, 3.8) is 0 Å².